The summed E-state index contributed by atoms with van der Waals surface area (Å²) in [6.45, 7) is 2.83. The van der Waals surface area contributed by atoms with E-state index in [-0.39, 0.29) is 5.41 Å². The molecule has 0 saturated heterocycles. The highest BCUT2D eigenvalue weighted by Gasteiger charge is 2.59. The molecule has 4 heteroatoms. The van der Waals surface area contributed by atoms with Crippen LogP contribution in [-0.4, -0.2) is 29.8 Å². The van der Waals surface area contributed by atoms with Crippen LogP contribution in [0.1, 0.15) is 46.0 Å². The maximum Gasteiger partial charge on any atom is 0.268 e. The molecule has 0 heterocycles. The summed E-state index contributed by atoms with van der Waals surface area (Å²) in [7, 11) is 0. The Morgan fingerprint density at radius 1 is 1.21 bits per heavy atom. The molecule has 0 aliphatic heterocycles. The lowest BCUT2D eigenvalue weighted by molar-refractivity contribution is -0.209. The number of aliphatic hydroxyl groups is 1. The second-order valence-electron chi connectivity index (χ2n) is 7.63. The summed E-state index contributed by atoms with van der Waals surface area (Å²) >= 11 is 0. The molecule has 4 saturated carbocycles. The van der Waals surface area contributed by atoms with E-state index < -0.39 is 18.1 Å². The molecule has 4 aliphatic carbocycles. The summed E-state index contributed by atoms with van der Waals surface area (Å²) in [5.74, 6) is -1.40. The van der Waals surface area contributed by atoms with Crippen LogP contribution in [0.4, 0.5) is 8.78 Å². The van der Waals surface area contributed by atoms with Crippen molar-refractivity contribution < 1.29 is 18.6 Å². The highest BCUT2D eigenvalue weighted by Crippen LogP contribution is 2.63. The first-order chi connectivity index (χ1) is 8.70. The van der Waals surface area contributed by atoms with Crippen LogP contribution in [0.2, 0.25) is 0 Å². The van der Waals surface area contributed by atoms with Crippen molar-refractivity contribution in [1.29, 1.82) is 0 Å². The van der Waals surface area contributed by atoms with Crippen molar-refractivity contribution in [1.82, 2.24) is 0 Å². The van der Waals surface area contributed by atoms with Crippen LogP contribution in [0.3, 0.4) is 0 Å². The van der Waals surface area contributed by atoms with Crippen LogP contribution in [-0.2, 0) is 4.74 Å². The van der Waals surface area contributed by atoms with E-state index >= 15 is 0 Å². The van der Waals surface area contributed by atoms with Gasteiger partial charge in [-0.2, -0.15) is 0 Å². The summed E-state index contributed by atoms with van der Waals surface area (Å²) in [4.78, 5) is 0. The van der Waals surface area contributed by atoms with E-state index in [9.17, 15) is 13.9 Å². The molecule has 4 bridgehead atoms. The van der Waals surface area contributed by atoms with E-state index in [4.69, 9.17) is 4.74 Å². The first kappa shape index (κ1) is 13.7. The third-order valence-corrected chi connectivity index (χ3v) is 5.73. The van der Waals surface area contributed by atoms with Crippen LogP contribution in [0.15, 0.2) is 0 Å². The molecular formula is C15H24F2O2. The van der Waals surface area contributed by atoms with E-state index in [1.54, 1.807) is 0 Å². The number of ether oxygens (including phenoxy) is 1. The fourth-order valence-corrected chi connectivity index (χ4v) is 4.99. The Bertz CT molecular complexity index is 344. The zero-order chi connectivity index (χ0) is 13.9. The Labute approximate surface area is 113 Å². The van der Waals surface area contributed by atoms with E-state index in [1.807, 2.05) is 6.92 Å². The lowest BCUT2D eigenvalue weighted by atomic mass is 9.45. The van der Waals surface area contributed by atoms with Gasteiger partial charge >= 0.3 is 0 Å². The normalized spacial score (nSPS) is 48.8. The monoisotopic (exact) mass is 274 g/mol. The number of rotatable bonds is 4. The average molecular weight is 274 g/mol. The number of hydrogen-bond acceptors (Lipinski definition) is 2. The molecule has 0 spiro atoms. The molecule has 2 atom stereocenters. The summed E-state index contributed by atoms with van der Waals surface area (Å²) in [5.41, 5.74) is -0.487. The van der Waals surface area contributed by atoms with Gasteiger partial charge in [0.05, 0.1) is 12.2 Å². The van der Waals surface area contributed by atoms with Gasteiger partial charge < -0.3 is 9.84 Å². The molecule has 0 aromatic carbocycles. The molecule has 4 fully saturated rings. The molecule has 110 valence electrons. The van der Waals surface area contributed by atoms with Crippen LogP contribution >= 0.6 is 0 Å². The van der Waals surface area contributed by atoms with E-state index in [1.165, 1.54) is 0 Å². The third kappa shape index (κ3) is 2.42. The fraction of sp³-hybridized carbons (Fsp3) is 1.00. The third-order valence-electron chi connectivity index (χ3n) is 5.73. The Morgan fingerprint density at radius 3 is 2.32 bits per heavy atom. The largest absolute Gasteiger partial charge is 0.390 e. The smallest absolute Gasteiger partial charge is 0.268 e. The first-order valence-corrected chi connectivity index (χ1v) is 7.38. The van der Waals surface area contributed by atoms with E-state index in [2.05, 4.69) is 0 Å². The van der Waals surface area contributed by atoms with Crippen molar-refractivity contribution in [3.63, 3.8) is 0 Å². The van der Waals surface area contributed by atoms with Gasteiger partial charge in [0.1, 0.15) is 6.61 Å². The Balaban J connectivity index is 1.66. The second kappa shape index (κ2) is 4.14. The Morgan fingerprint density at radius 2 is 1.79 bits per heavy atom. The zero-order valence-corrected chi connectivity index (χ0v) is 11.8. The van der Waals surface area contributed by atoms with Gasteiger partial charge in [0.25, 0.3) is 5.92 Å². The van der Waals surface area contributed by atoms with Gasteiger partial charge in [-0.05, 0) is 62.2 Å². The van der Waals surface area contributed by atoms with Gasteiger partial charge in [0.2, 0.25) is 0 Å². The maximum absolute atomic E-state index is 12.8. The van der Waals surface area contributed by atoms with Crippen molar-refractivity contribution in [3.8, 4) is 0 Å². The van der Waals surface area contributed by atoms with Crippen molar-refractivity contribution in [3.05, 3.63) is 0 Å². The SMILES string of the molecule is CC(F)(F)COCC12CC3CC(C1)C(C)(O)C(C3)C2. The summed E-state index contributed by atoms with van der Waals surface area (Å²) in [6, 6.07) is 0. The molecule has 0 amide bonds. The molecular weight excluding hydrogens is 250 g/mol. The van der Waals surface area contributed by atoms with Crippen LogP contribution in [0.5, 0.6) is 0 Å². The molecule has 0 radical (unpaired) electrons. The minimum Gasteiger partial charge on any atom is -0.390 e. The van der Waals surface area contributed by atoms with Gasteiger partial charge in [-0.1, -0.05) is 0 Å². The second-order valence-corrected chi connectivity index (χ2v) is 7.63. The minimum absolute atomic E-state index is 0.0595. The van der Waals surface area contributed by atoms with Crippen LogP contribution < -0.4 is 0 Å². The number of alkyl halides is 2. The molecule has 1 N–H and O–H groups in total. The number of halogens is 2. The molecule has 2 unspecified atom stereocenters. The highest BCUT2D eigenvalue weighted by molar-refractivity contribution is 5.10. The lowest BCUT2D eigenvalue weighted by Gasteiger charge is -2.62. The van der Waals surface area contributed by atoms with Crippen LogP contribution in [0.25, 0.3) is 0 Å². The minimum atomic E-state index is -2.74. The summed E-state index contributed by atoms with van der Waals surface area (Å²) in [5, 5.41) is 10.6. The zero-order valence-electron chi connectivity index (χ0n) is 11.8. The van der Waals surface area contributed by atoms with Gasteiger partial charge in [-0.15, -0.1) is 0 Å². The van der Waals surface area contributed by atoms with Gasteiger partial charge in [-0.25, -0.2) is 8.78 Å². The molecule has 2 nitrogen and oxygen atoms in total. The Hall–Kier alpha value is -0.220. The van der Waals surface area contributed by atoms with E-state index in [0.717, 1.165) is 39.0 Å². The fourth-order valence-electron chi connectivity index (χ4n) is 4.99. The van der Waals surface area contributed by atoms with Gasteiger partial charge in [0, 0.05) is 6.92 Å². The maximum atomic E-state index is 12.8. The molecule has 0 aromatic rings. The topological polar surface area (TPSA) is 29.5 Å². The van der Waals surface area contributed by atoms with Gasteiger partial charge in [0.15, 0.2) is 0 Å². The quantitative estimate of drug-likeness (QED) is 0.853. The standard InChI is InChI=1S/C15H24F2O2/c1-13(16,17)8-19-9-15-5-10-3-11(6-15)14(2,18)12(4-10)7-15/h10-12,18H,3-9H2,1-2H3. The Kier molecular flexibility index (Phi) is 2.99. The summed E-state index contributed by atoms with van der Waals surface area (Å²) < 4.78 is 31.0. The predicted molar refractivity (Wildman–Crippen MR) is 68.1 cm³/mol. The van der Waals surface area contributed by atoms with Gasteiger partial charge in [-0.3, -0.25) is 0 Å². The van der Waals surface area contributed by atoms with Crippen molar-refractivity contribution in [2.24, 2.45) is 23.2 Å². The molecule has 4 aliphatic rings. The molecule has 0 aromatic heterocycles. The first-order valence-electron chi connectivity index (χ1n) is 7.38. The average Bonchev–Trinajstić information content (AvgIpc) is 2.23. The highest BCUT2D eigenvalue weighted by atomic mass is 19.3. The van der Waals surface area contributed by atoms with Crippen LogP contribution in [0, 0.1) is 23.2 Å². The van der Waals surface area contributed by atoms with Crippen molar-refractivity contribution in [2.45, 2.75) is 57.5 Å². The summed E-state index contributed by atoms with van der Waals surface area (Å²) in [6.07, 6.45) is 5.21. The number of hydrogen-bond donors (Lipinski definition) is 1. The van der Waals surface area contributed by atoms with Crippen molar-refractivity contribution in [2.75, 3.05) is 13.2 Å². The molecule has 4 rings (SSSR count). The van der Waals surface area contributed by atoms with Crippen molar-refractivity contribution >= 4 is 0 Å². The molecule has 19 heavy (non-hydrogen) atoms. The predicted octanol–water partition coefficient (Wildman–Crippen LogP) is 3.24. The van der Waals surface area contributed by atoms with E-state index in [0.29, 0.717) is 24.4 Å². The lowest BCUT2D eigenvalue weighted by Crippen LogP contribution is -2.60.